The number of rotatable bonds is 3. The molecule has 0 spiro atoms. The maximum absolute atomic E-state index is 4.36. The Balaban J connectivity index is 2.52. The number of aromatic nitrogens is 5. The molecule has 0 saturated heterocycles. The van der Waals surface area contributed by atoms with Crippen LogP contribution in [0.2, 0.25) is 0 Å². The molecular weight excluding hydrogens is 218 g/mol. The first-order valence-electron chi connectivity index (χ1n) is 5.17. The van der Waals surface area contributed by atoms with Crippen LogP contribution in [-0.2, 0) is 0 Å². The number of anilines is 2. The van der Waals surface area contributed by atoms with Gasteiger partial charge < -0.3 is 9.80 Å². The van der Waals surface area contributed by atoms with Crippen LogP contribution in [0.4, 0.5) is 11.9 Å². The van der Waals surface area contributed by atoms with E-state index in [2.05, 4.69) is 19.9 Å². The normalized spacial score (nSPS) is 10.4. The molecular formula is C10H15N7. The molecule has 0 N–H and O–H groups in total. The summed E-state index contributed by atoms with van der Waals surface area (Å²) >= 11 is 0. The summed E-state index contributed by atoms with van der Waals surface area (Å²) in [5.74, 6) is 1.80. The highest BCUT2D eigenvalue weighted by atomic mass is 15.3. The van der Waals surface area contributed by atoms with Crippen LogP contribution in [0.25, 0.3) is 5.95 Å². The first-order chi connectivity index (χ1) is 8.08. The highest BCUT2D eigenvalue weighted by Crippen LogP contribution is 2.12. The summed E-state index contributed by atoms with van der Waals surface area (Å²) in [5.41, 5.74) is 0. The molecule has 0 saturated carbocycles. The molecule has 2 rings (SSSR count). The Labute approximate surface area is 99.8 Å². The van der Waals surface area contributed by atoms with Crippen molar-refractivity contribution >= 4 is 11.9 Å². The molecule has 0 atom stereocenters. The molecule has 90 valence electrons. The van der Waals surface area contributed by atoms with Crippen LogP contribution in [0.5, 0.6) is 0 Å². The quantitative estimate of drug-likeness (QED) is 0.754. The van der Waals surface area contributed by atoms with Crippen molar-refractivity contribution in [3.05, 3.63) is 18.7 Å². The van der Waals surface area contributed by atoms with Gasteiger partial charge in [0, 0.05) is 40.6 Å². The predicted octanol–water partition coefficient (Wildman–Crippen LogP) is 0.189. The summed E-state index contributed by atoms with van der Waals surface area (Å²) in [6.45, 7) is 0. The van der Waals surface area contributed by atoms with Gasteiger partial charge in [-0.1, -0.05) is 0 Å². The first kappa shape index (κ1) is 11.3. The fourth-order valence-corrected chi connectivity index (χ4v) is 1.24. The minimum Gasteiger partial charge on any atom is -0.347 e. The van der Waals surface area contributed by atoms with Gasteiger partial charge in [0.25, 0.3) is 0 Å². The summed E-state index contributed by atoms with van der Waals surface area (Å²) in [4.78, 5) is 20.7. The standard InChI is InChI=1S/C10H15N7/c1-15(2)8-12-9(16(3)4)14-10(13-8)17-6-5-11-7-17/h5-7H,1-4H3. The van der Waals surface area contributed by atoms with Crippen LogP contribution in [0, 0.1) is 0 Å². The van der Waals surface area contributed by atoms with Gasteiger partial charge in [-0.3, -0.25) is 4.57 Å². The Kier molecular flexibility index (Phi) is 2.90. The zero-order valence-electron chi connectivity index (χ0n) is 10.4. The van der Waals surface area contributed by atoms with Gasteiger partial charge in [-0.2, -0.15) is 15.0 Å². The monoisotopic (exact) mass is 233 g/mol. The first-order valence-corrected chi connectivity index (χ1v) is 5.17. The lowest BCUT2D eigenvalue weighted by molar-refractivity contribution is 0.850. The Morgan fingerprint density at radius 2 is 1.53 bits per heavy atom. The number of imidazole rings is 1. The van der Waals surface area contributed by atoms with Crippen molar-refractivity contribution in [3.63, 3.8) is 0 Å². The molecule has 2 heterocycles. The lowest BCUT2D eigenvalue weighted by Crippen LogP contribution is -2.20. The van der Waals surface area contributed by atoms with Crippen molar-refractivity contribution in [2.24, 2.45) is 0 Å². The fraction of sp³-hybridized carbons (Fsp3) is 0.400. The summed E-state index contributed by atoms with van der Waals surface area (Å²) < 4.78 is 1.75. The minimum atomic E-state index is 0.560. The van der Waals surface area contributed by atoms with Crippen molar-refractivity contribution in [2.75, 3.05) is 38.0 Å². The van der Waals surface area contributed by atoms with Crippen LogP contribution in [0.15, 0.2) is 18.7 Å². The van der Waals surface area contributed by atoms with E-state index in [0.717, 1.165) is 0 Å². The smallest absolute Gasteiger partial charge is 0.241 e. The molecule has 2 aromatic heterocycles. The molecule has 17 heavy (non-hydrogen) atoms. The van der Waals surface area contributed by atoms with Gasteiger partial charge in [-0.15, -0.1) is 0 Å². The van der Waals surface area contributed by atoms with Gasteiger partial charge in [0.1, 0.15) is 6.33 Å². The summed E-state index contributed by atoms with van der Waals surface area (Å²) in [6, 6.07) is 0. The Hall–Kier alpha value is -2.18. The van der Waals surface area contributed by atoms with Crippen LogP contribution in [0.1, 0.15) is 0 Å². The van der Waals surface area contributed by atoms with Crippen LogP contribution in [-0.4, -0.2) is 52.7 Å². The van der Waals surface area contributed by atoms with Crippen molar-refractivity contribution in [2.45, 2.75) is 0 Å². The van der Waals surface area contributed by atoms with Crippen molar-refractivity contribution < 1.29 is 0 Å². The van der Waals surface area contributed by atoms with E-state index in [-0.39, 0.29) is 0 Å². The van der Waals surface area contributed by atoms with E-state index in [1.807, 2.05) is 38.0 Å². The minimum absolute atomic E-state index is 0.560. The summed E-state index contributed by atoms with van der Waals surface area (Å²) in [5, 5.41) is 0. The zero-order valence-corrected chi connectivity index (χ0v) is 10.4. The Morgan fingerprint density at radius 3 is 1.94 bits per heavy atom. The largest absolute Gasteiger partial charge is 0.347 e. The van der Waals surface area contributed by atoms with Gasteiger partial charge in [-0.05, 0) is 0 Å². The average Bonchev–Trinajstić information content (AvgIpc) is 2.81. The van der Waals surface area contributed by atoms with Crippen molar-refractivity contribution in [1.29, 1.82) is 0 Å². The second kappa shape index (κ2) is 4.36. The van der Waals surface area contributed by atoms with E-state index in [4.69, 9.17) is 0 Å². The molecule has 7 heteroatoms. The average molecular weight is 233 g/mol. The summed E-state index contributed by atoms with van der Waals surface area (Å²) in [7, 11) is 7.58. The maximum Gasteiger partial charge on any atom is 0.241 e. The Morgan fingerprint density at radius 1 is 0.941 bits per heavy atom. The summed E-state index contributed by atoms with van der Waals surface area (Å²) in [6.07, 6.45) is 5.15. The lowest BCUT2D eigenvalue weighted by Gasteiger charge is -2.16. The van der Waals surface area contributed by atoms with E-state index < -0.39 is 0 Å². The predicted molar refractivity (Wildman–Crippen MR) is 65.6 cm³/mol. The molecule has 0 fully saturated rings. The number of nitrogens with zero attached hydrogens (tertiary/aromatic N) is 7. The molecule has 0 aliphatic carbocycles. The van der Waals surface area contributed by atoms with Gasteiger partial charge in [0.15, 0.2) is 0 Å². The maximum atomic E-state index is 4.36. The zero-order chi connectivity index (χ0) is 12.4. The highest BCUT2D eigenvalue weighted by molar-refractivity contribution is 5.39. The molecule has 0 aliphatic rings. The SMILES string of the molecule is CN(C)c1nc(N(C)C)nc(-n2ccnc2)n1. The van der Waals surface area contributed by atoms with Gasteiger partial charge in [0.2, 0.25) is 17.8 Å². The molecule has 2 aromatic rings. The van der Waals surface area contributed by atoms with Gasteiger partial charge in [0.05, 0.1) is 0 Å². The van der Waals surface area contributed by atoms with Gasteiger partial charge in [-0.25, -0.2) is 4.98 Å². The van der Waals surface area contributed by atoms with Crippen molar-refractivity contribution in [1.82, 2.24) is 24.5 Å². The Bertz CT molecular complexity index is 463. The molecule has 0 amide bonds. The topological polar surface area (TPSA) is 63.0 Å². The lowest BCUT2D eigenvalue weighted by atomic mass is 10.7. The second-order valence-corrected chi connectivity index (χ2v) is 3.99. The number of hydrogen-bond donors (Lipinski definition) is 0. The van der Waals surface area contributed by atoms with E-state index in [1.54, 1.807) is 23.3 Å². The molecule has 0 unspecified atom stereocenters. The van der Waals surface area contributed by atoms with E-state index in [9.17, 15) is 0 Å². The van der Waals surface area contributed by atoms with Crippen LogP contribution >= 0.6 is 0 Å². The number of hydrogen-bond acceptors (Lipinski definition) is 6. The molecule has 0 aliphatic heterocycles. The fourth-order valence-electron chi connectivity index (χ4n) is 1.24. The molecule has 0 bridgehead atoms. The molecule has 0 radical (unpaired) electrons. The van der Waals surface area contributed by atoms with Gasteiger partial charge >= 0.3 is 0 Å². The third-order valence-corrected chi connectivity index (χ3v) is 2.14. The van der Waals surface area contributed by atoms with Crippen LogP contribution < -0.4 is 9.80 Å². The van der Waals surface area contributed by atoms with E-state index in [1.165, 1.54) is 0 Å². The van der Waals surface area contributed by atoms with Crippen molar-refractivity contribution in [3.8, 4) is 5.95 Å². The van der Waals surface area contributed by atoms with E-state index in [0.29, 0.717) is 17.8 Å². The third kappa shape index (κ3) is 2.32. The van der Waals surface area contributed by atoms with E-state index >= 15 is 0 Å². The third-order valence-electron chi connectivity index (χ3n) is 2.14. The molecule has 7 nitrogen and oxygen atoms in total. The highest BCUT2D eigenvalue weighted by Gasteiger charge is 2.10. The molecule has 0 aromatic carbocycles. The van der Waals surface area contributed by atoms with Crippen LogP contribution in [0.3, 0.4) is 0 Å². The second-order valence-electron chi connectivity index (χ2n) is 3.99.